The van der Waals surface area contributed by atoms with Crippen molar-refractivity contribution in [2.75, 3.05) is 18.5 Å². The van der Waals surface area contributed by atoms with E-state index >= 15 is 0 Å². The number of amides is 1. The normalized spacial score (nSPS) is 14.9. The van der Waals surface area contributed by atoms with Gasteiger partial charge in [-0.1, -0.05) is 26.8 Å². The average molecular weight is 369 g/mol. The number of hydrogen-bond donors (Lipinski definition) is 2. The number of nitrogens with one attached hydrogen (secondary N) is 1. The van der Waals surface area contributed by atoms with Gasteiger partial charge in [0.1, 0.15) is 5.82 Å². The fourth-order valence-electron chi connectivity index (χ4n) is 1.89. The van der Waals surface area contributed by atoms with Crippen LogP contribution < -0.4 is 5.32 Å². The highest BCUT2D eigenvalue weighted by atomic mass is 28.4. The summed E-state index contributed by atoms with van der Waals surface area (Å²) in [4.78, 5) is 16.0. The van der Waals surface area contributed by atoms with Crippen molar-refractivity contribution in [3.8, 4) is 0 Å². The number of rotatable bonds is 8. The van der Waals surface area contributed by atoms with Crippen LogP contribution in [0.3, 0.4) is 0 Å². The summed E-state index contributed by atoms with van der Waals surface area (Å²) in [5.41, 5.74) is 0.998. The third-order valence-corrected chi connectivity index (χ3v) is 9.00. The van der Waals surface area contributed by atoms with Crippen LogP contribution in [0.25, 0.3) is 0 Å². The van der Waals surface area contributed by atoms with Gasteiger partial charge in [-0.3, -0.25) is 4.79 Å². The minimum absolute atomic E-state index is 0.0805. The molecular weight excluding hydrogens is 336 g/mol. The van der Waals surface area contributed by atoms with Crippen LogP contribution in [-0.2, 0) is 14.0 Å². The number of aromatic nitrogens is 1. The van der Waals surface area contributed by atoms with Crippen molar-refractivity contribution in [1.29, 1.82) is 0 Å². The molecule has 0 aliphatic rings. The molecule has 0 aromatic carbocycles. The monoisotopic (exact) mass is 368 g/mol. The maximum Gasteiger partial charge on any atom is 0.256 e. The maximum atomic E-state index is 11.9. The number of anilines is 1. The molecule has 6 nitrogen and oxygen atoms in total. The summed E-state index contributed by atoms with van der Waals surface area (Å²) in [5.74, 6) is -0.126. The molecule has 0 saturated carbocycles. The van der Waals surface area contributed by atoms with Crippen molar-refractivity contribution in [3.05, 3.63) is 23.9 Å². The molecule has 0 saturated heterocycles. The summed E-state index contributed by atoms with van der Waals surface area (Å²) in [7, 11) is -1.85. The number of nitrogens with zero attached hydrogens (tertiary/aromatic N) is 1. The van der Waals surface area contributed by atoms with Crippen LogP contribution in [-0.4, -0.2) is 49.7 Å². The molecule has 0 aliphatic carbocycles. The van der Waals surface area contributed by atoms with Gasteiger partial charge in [0.15, 0.2) is 14.4 Å². The highest BCUT2D eigenvalue weighted by molar-refractivity contribution is 6.74. The predicted octanol–water partition coefficient (Wildman–Crippen LogP) is 3.12. The molecule has 25 heavy (non-hydrogen) atoms. The van der Waals surface area contributed by atoms with Crippen LogP contribution in [0.2, 0.25) is 18.1 Å². The van der Waals surface area contributed by atoms with Crippen molar-refractivity contribution >= 4 is 20.0 Å². The number of carbonyl (C=O) groups excluding carboxylic acids is 1. The van der Waals surface area contributed by atoms with E-state index in [0.717, 1.165) is 5.56 Å². The van der Waals surface area contributed by atoms with Crippen LogP contribution in [0, 0.1) is 6.92 Å². The van der Waals surface area contributed by atoms with Gasteiger partial charge in [0, 0.05) is 6.20 Å². The zero-order chi connectivity index (χ0) is 19.3. The summed E-state index contributed by atoms with van der Waals surface area (Å²) < 4.78 is 11.6. The quantitative estimate of drug-likeness (QED) is 0.689. The minimum Gasteiger partial charge on any atom is -0.412 e. The molecule has 0 fully saturated rings. The first kappa shape index (κ1) is 21.8. The second kappa shape index (κ2) is 8.89. The van der Waals surface area contributed by atoms with Crippen LogP contribution >= 0.6 is 0 Å². The molecule has 7 heteroatoms. The Hall–Kier alpha value is -1.28. The van der Waals surface area contributed by atoms with Crippen molar-refractivity contribution in [3.63, 3.8) is 0 Å². The lowest BCUT2D eigenvalue weighted by Crippen LogP contribution is -2.44. The van der Waals surface area contributed by atoms with E-state index in [1.807, 2.05) is 19.9 Å². The zero-order valence-electron chi connectivity index (χ0n) is 16.4. The Balaban J connectivity index is 2.37. The van der Waals surface area contributed by atoms with E-state index in [9.17, 15) is 9.90 Å². The summed E-state index contributed by atoms with van der Waals surface area (Å²) in [6.07, 6.45) is 0.316. The van der Waals surface area contributed by atoms with E-state index in [4.69, 9.17) is 9.16 Å². The number of aliphatic hydroxyl groups excluding tert-OH is 1. The Bertz CT molecular complexity index is 555. The number of hydrogen-bond acceptors (Lipinski definition) is 5. The topological polar surface area (TPSA) is 80.7 Å². The SMILES string of the molecule is Cc1ccc(NC(=O)[C@@H](O)COC[C@H](C)O[Si](C)(C)C(C)(C)C)nc1. The van der Waals surface area contributed by atoms with Gasteiger partial charge in [-0.2, -0.15) is 0 Å². The number of aryl methyl sites for hydroxylation is 1. The van der Waals surface area contributed by atoms with E-state index in [0.29, 0.717) is 12.4 Å². The van der Waals surface area contributed by atoms with E-state index in [-0.39, 0.29) is 17.7 Å². The molecule has 142 valence electrons. The van der Waals surface area contributed by atoms with Crippen LogP contribution in [0.4, 0.5) is 5.82 Å². The van der Waals surface area contributed by atoms with Crippen LogP contribution in [0.1, 0.15) is 33.3 Å². The van der Waals surface area contributed by atoms with Gasteiger partial charge >= 0.3 is 0 Å². The smallest absolute Gasteiger partial charge is 0.256 e. The minimum atomic E-state index is -1.85. The highest BCUT2D eigenvalue weighted by Gasteiger charge is 2.38. The van der Waals surface area contributed by atoms with E-state index in [2.05, 4.69) is 44.2 Å². The van der Waals surface area contributed by atoms with E-state index in [1.54, 1.807) is 12.3 Å². The molecule has 1 aromatic heterocycles. The molecule has 0 bridgehead atoms. The molecule has 0 unspecified atom stereocenters. The van der Waals surface area contributed by atoms with Crippen molar-refractivity contribution in [2.45, 2.75) is 65.0 Å². The standard InChI is InChI=1S/C18H32N2O4Si/c1-13-8-9-16(19-10-13)20-17(22)15(21)12-23-11-14(2)24-25(6,7)18(3,4)5/h8-10,14-15,21H,11-12H2,1-7H3,(H,19,20,22)/t14-,15-/m0/s1. The number of carbonyl (C=O) groups is 1. The lowest BCUT2D eigenvalue weighted by molar-refractivity contribution is -0.127. The van der Waals surface area contributed by atoms with E-state index < -0.39 is 20.3 Å². The third kappa shape index (κ3) is 7.23. The molecule has 1 aromatic rings. The Morgan fingerprint density at radius 3 is 2.48 bits per heavy atom. The van der Waals surface area contributed by atoms with Gasteiger partial charge in [0.05, 0.1) is 19.3 Å². The van der Waals surface area contributed by atoms with Gasteiger partial charge in [-0.15, -0.1) is 0 Å². The zero-order valence-corrected chi connectivity index (χ0v) is 17.4. The number of ether oxygens (including phenoxy) is 1. The summed E-state index contributed by atoms with van der Waals surface area (Å²) in [6.45, 7) is 15.0. The fourth-order valence-corrected chi connectivity index (χ4v) is 3.31. The molecule has 1 rings (SSSR count). The molecule has 1 heterocycles. The van der Waals surface area contributed by atoms with Gasteiger partial charge in [0.25, 0.3) is 5.91 Å². The largest absolute Gasteiger partial charge is 0.412 e. The highest BCUT2D eigenvalue weighted by Crippen LogP contribution is 2.37. The first-order valence-corrected chi connectivity index (χ1v) is 11.5. The molecule has 0 aliphatic heterocycles. The Morgan fingerprint density at radius 1 is 1.32 bits per heavy atom. The molecular formula is C18H32N2O4Si. The number of pyridine rings is 1. The second-order valence-electron chi connectivity index (χ2n) is 7.95. The Morgan fingerprint density at radius 2 is 1.96 bits per heavy atom. The first-order chi connectivity index (χ1) is 11.4. The van der Waals surface area contributed by atoms with Gasteiger partial charge in [-0.25, -0.2) is 4.98 Å². The third-order valence-electron chi connectivity index (χ3n) is 4.40. The summed E-state index contributed by atoms with van der Waals surface area (Å²) >= 11 is 0. The molecule has 2 N–H and O–H groups in total. The predicted molar refractivity (Wildman–Crippen MR) is 102 cm³/mol. The average Bonchev–Trinajstić information content (AvgIpc) is 2.47. The lowest BCUT2D eigenvalue weighted by Gasteiger charge is -2.38. The number of aliphatic hydroxyl groups is 1. The fraction of sp³-hybridized carbons (Fsp3) is 0.667. The van der Waals surface area contributed by atoms with Crippen LogP contribution in [0.15, 0.2) is 18.3 Å². The molecule has 1 amide bonds. The van der Waals surface area contributed by atoms with Crippen molar-refractivity contribution in [1.82, 2.24) is 4.98 Å². The van der Waals surface area contributed by atoms with Gasteiger partial charge in [0.2, 0.25) is 0 Å². The van der Waals surface area contributed by atoms with Crippen molar-refractivity contribution in [2.24, 2.45) is 0 Å². The van der Waals surface area contributed by atoms with Crippen LogP contribution in [0.5, 0.6) is 0 Å². The summed E-state index contributed by atoms with van der Waals surface area (Å²) in [6, 6.07) is 3.53. The van der Waals surface area contributed by atoms with Crippen molar-refractivity contribution < 1.29 is 19.1 Å². The first-order valence-electron chi connectivity index (χ1n) is 8.59. The molecule has 0 radical (unpaired) electrons. The molecule has 2 atom stereocenters. The molecule has 0 spiro atoms. The maximum absolute atomic E-state index is 11.9. The lowest BCUT2D eigenvalue weighted by atomic mass is 10.2. The summed E-state index contributed by atoms with van der Waals surface area (Å²) in [5, 5.41) is 12.6. The Labute approximate surface area is 152 Å². The van der Waals surface area contributed by atoms with Gasteiger partial charge < -0.3 is 19.6 Å². The van der Waals surface area contributed by atoms with Gasteiger partial charge in [-0.05, 0) is 43.6 Å². The Kier molecular flexibility index (Phi) is 7.74. The van der Waals surface area contributed by atoms with E-state index in [1.165, 1.54) is 0 Å². The second-order valence-corrected chi connectivity index (χ2v) is 12.7.